The van der Waals surface area contributed by atoms with Crippen molar-refractivity contribution in [1.82, 2.24) is 20.0 Å². The van der Waals surface area contributed by atoms with Gasteiger partial charge in [0.05, 0.1) is 5.69 Å². The van der Waals surface area contributed by atoms with E-state index < -0.39 is 0 Å². The Bertz CT molecular complexity index is 1260. The molecule has 0 saturated carbocycles. The van der Waals surface area contributed by atoms with Gasteiger partial charge in [-0.1, -0.05) is 19.1 Å². The van der Waals surface area contributed by atoms with Gasteiger partial charge in [-0.05, 0) is 86.8 Å². The average Bonchev–Trinajstić information content (AvgIpc) is 3.08. The van der Waals surface area contributed by atoms with Crippen LogP contribution in [-0.2, 0) is 6.42 Å². The van der Waals surface area contributed by atoms with E-state index in [1.165, 1.54) is 5.56 Å². The number of nitrogens with zero attached hydrogens (tertiary/aromatic N) is 4. The summed E-state index contributed by atoms with van der Waals surface area (Å²) >= 11 is 0. The summed E-state index contributed by atoms with van der Waals surface area (Å²) in [6.07, 6.45) is 0.918. The molecule has 0 aliphatic rings. The number of carbonyl (C=O) groups excluding carboxylic acids is 1. The molecule has 8 heteroatoms. The first-order valence-corrected chi connectivity index (χ1v) is 10.8. The lowest BCUT2D eigenvalue weighted by atomic mass is 10.1. The van der Waals surface area contributed by atoms with E-state index in [9.17, 15) is 4.79 Å². The van der Waals surface area contributed by atoms with Crippen molar-refractivity contribution < 1.29 is 4.79 Å². The normalized spacial score (nSPS) is 10.7. The van der Waals surface area contributed by atoms with Gasteiger partial charge in [0.1, 0.15) is 0 Å². The molecule has 0 fully saturated rings. The number of nitrogens with one attached hydrogen (secondary N) is 3. The number of anilines is 4. The monoisotopic (exact) mass is 441 g/mol. The summed E-state index contributed by atoms with van der Waals surface area (Å²) in [5.41, 5.74) is 6.63. The van der Waals surface area contributed by atoms with Crippen LogP contribution in [0.1, 0.15) is 29.4 Å². The zero-order chi connectivity index (χ0) is 23.4. The van der Waals surface area contributed by atoms with Crippen LogP contribution in [0.3, 0.4) is 0 Å². The summed E-state index contributed by atoms with van der Waals surface area (Å²) in [5.74, 6) is 1.29. The second-order valence-corrected chi connectivity index (χ2v) is 7.82. The quantitative estimate of drug-likeness (QED) is 0.365. The smallest absolute Gasteiger partial charge is 0.323 e. The van der Waals surface area contributed by atoms with Gasteiger partial charge >= 0.3 is 6.03 Å². The molecule has 0 aliphatic carbocycles. The highest BCUT2D eigenvalue weighted by atomic mass is 16.2. The van der Waals surface area contributed by atoms with Gasteiger partial charge in [0.2, 0.25) is 0 Å². The first kappa shape index (κ1) is 22.0. The summed E-state index contributed by atoms with van der Waals surface area (Å²) in [7, 11) is 0. The molecule has 0 radical (unpaired) electrons. The standard InChI is InChI=1S/C25H27N7O/c1-5-19-7-6-8-22(15-19)28-25(33)27-21-11-9-20(10-12-21)26-23-13-14-24(30-29-23)32-18(4)16(2)17(3)31-32/h6-15H,5H2,1-4H3,(H,26,29)(H2,27,28,33). The Morgan fingerprint density at radius 1 is 0.879 bits per heavy atom. The zero-order valence-corrected chi connectivity index (χ0v) is 19.2. The van der Waals surface area contributed by atoms with Crippen molar-refractivity contribution in [1.29, 1.82) is 0 Å². The van der Waals surface area contributed by atoms with Crippen LogP contribution < -0.4 is 16.0 Å². The Labute approximate surface area is 193 Å². The van der Waals surface area contributed by atoms with Gasteiger partial charge in [-0.25, -0.2) is 9.48 Å². The minimum Gasteiger partial charge on any atom is -0.339 e. The maximum Gasteiger partial charge on any atom is 0.323 e. The molecule has 0 unspecified atom stereocenters. The number of benzene rings is 2. The molecule has 33 heavy (non-hydrogen) atoms. The average molecular weight is 442 g/mol. The highest BCUT2D eigenvalue weighted by Gasteiger charge is 2.10. The van der Waals surface area contributed by atoms with Crippen molar-refractivity contribution in [2.75, 3.05) is 16.0 Å². The van der Waals surface area contributed by atoms with Crippen molar-refractivity contribution in [3.8, 4) is 5.82 Å². The largest absolute Gasteiger partial charge is 0.339 e. The third-order valence-corrected chi connectivity index (χ3v) is 5.53. The van der Waals surface area contributed by atoms with E-state index in [1.807, 2.05) is 81.4 Å². The molecule has 4 rings (SSSR count). The number of aromatic nitrogens is 4. The molecule has 4 aromatic rings. The van der Waals surface area contributed by atoms with Crippen LogP contribution in [-0.4, -0.2) is 26.0 Å². The lowest BCUT2D eigenvalue weighted by Crippen LogP contribution is -2.19. The Morgan fingerprint density at radius 2 is 1.61 bits per heavy atom. The molecule has 0 spiro atoms. The Hall–Kier alpha value is -4.20. The fourth-order valence-corrected chi connectivity index (χ4v) is 3.40. The van der Waals surface area contributed by atoms with Crippen molar-refractivity contribution in [2.24, 2.45) is 0 Å². The Balaban J connectivity index is 1.36. The van der Waals surface area contributed by atoms with Crippen LogP contribution in [0, 0.1) is 20.8 Å². The lowest BCUT2D eigenvalue weighted by Gasteiger charge is -2.10. The van der Waals surface area contributed by atoms with Crippen molar-refractivity contribution >= 4 is 28.9 Å². The SMILES string of the molecule is CCc1cccc(NC(=O)Nc2ccc(Nc3ccc(-n4nc(C)c(C)c4C)nn3)cc2)c1. The highest BCUT2D eigenvalue weighted by molar-refractivity contribution is 5.99. The van der Waals surface area contributed by atoms with Crippen LogP contribution in [0.25, 0.3) is 5.82 Å². The fraction of sp³-hybridized carbons (Fsp3) is 0.200. The predicted octanol–water partition coefficient (Wildman–Crippen LogP) is 5.54. The molecule has 3 N–H and O–H groups in total. The number of urea groups is 1. The van der Waals surface area contributed by atoms with Crippen molar-refractivity contribution in [3.05, 3.63) is 83.2 Å². The molecule has 2 aromatic heterocycles. The molecular weight excluding hydrogens is 414 g/mol. The van der Waals surface area contributed by atoms with Crippen molar-refractivity contribution in [3.63, 3.8) is 0 Å². The summed E-state index contributed by atoms with van der Waals surface area (Å²) in [6.45, 7) is 8.12. The summed E-state index contributed by atoms with van der Waals surface area (Å²) < 4.78 is 1.80. The number of hydrogen-bond acceptors (Lipinski definition) is 5. The number of rotatable bonds is 6. The summed E-state index contributed by atoms with van der Waals surface area (Å²) in [6, 6.07) is 18.6. The van der Waals surface area contributed by atoms with Gasteiger partial charge in [-0.2, -0.15) is 5.10 Å². The second-order valence-electron chi connectivity index (χ2n) is 7.82. The fourth-order valence-electron chi connectivity index (χ4n) is 3.40. The molecule has 0 bridgehead atoms. The van der Waals surface area contributed by atoms with Gasteiger partial charge in [0.15, 0.2) is 11.6 Å². The van der Waals surface area contributed by atoms with Gasteiger partial charge in [0, 0.05) is 22.8 Å². The number of aryl methyl sites for hydroxylation is 2. The maximum atomic E-state index is 12.3. The first-order chi connectivity index (χ1) is 15.9. The topological polar surface area (TPSA) is 96.8 Å². The van der Waals surface area contributed by atoms with E-state index in [0.29, 0.717) is 17.3 Å². The van der Waals surface area contributed by atoms with Gasteiger partial charge in [0.25, 0.3) is 0 Å². The second kappa shape index (κ2) is 9.52. The number of hydrogen-bond donors (Lipinski definition) is 3. The van der Waals surface area contributed by atoms with Crippen LogP contribution in [0.4, 0.5) is 27.7 Å². The minimum atomic E-state index is -0.287. The third kappa shape index (κ3) is 5.17. The minimum absolute atomic E-state index is 0.287. The third-order valence-electron chi connectivity index (χ3n) is 5.53. The van der Waals surface area contributed by atoms with Crippen LogP contribution in [0.5, 0.6) is 0 Å². The van der Waals surface area contributed by atoms with Crippen LogP contribution in [0.2, 0.25) is 0 Å². The van der Waals surface area contributed by atoms with E-state index in [2.05, 4.69) is 38.2 Å². The molecule has 8 nitrogen and oxygen atoms in total. The molecule has 168 valence electrons. The van der Waals surface area contributed by atoms with E-state index >= 15 is 0 Å². The molecule has 0 saturated heterocycles. The molecule has 2 heterocycles. The Morgan fingerprint density at radius 3 is 2.24 bits per heavy atom. The van der Waals surface area contributed by atoms with Gasteiger partial charge < -0.3 is 16.0 Å². The lowest BCUT2D eigenvalue weighted by molar-refractivity contribution is 0.262. The molecule has 0 atom stereocenters. The number of carbonyl (C=O) groups is 1. The highest BCUT2D eigenvalue weighted by Crippen LogP contribution is 2.20. The maximum absolute atomic E-state index is 12.3. The summed E-state index contributed by atoms with van der Waals surface area (Å²) in [4.78, 5) is 12.3. The van der Waals surface area contributed by atoms with Gasteiger partial charge in [-0.3, -0.25) is 0 Å². The van der Waals surface area contributed by atoms with E-state index in [4.69, 9.17) is 0 Å². The van der Waals surface area contributed by atoms with E-state index in [-0.39, 0.29) is 6.03 Å². The predicted molar refractivity (Wildman–Crippen MR) is 132 cm³/mol. The van der Waals surface area contributed by atoms with Crippen LogP contribution in [0.15, 0.2) is 60.7 Å². The molecule has 0 aliphatic heterocycles. The summed E-state index contributed by atoms with van der Waals surface area (Å²) in [5, 5.41) is 22.0. The van der Waals surface area contributed by atoms with Crippen molar-refractivity contribution in [2.45, 2.75) is 34.1 Å². The van der Waals surface area contributed by atoms with Gasteiger partial charge in [-0.15, -0.1) is 10.2 Å². The zero-order valence-electron chi connectivity index (χ0n) is 19.2. The van der Waals surface area contributed by atoms with Crippen LogP contribution >= 0.6 is 0 Å². The molecule has 2 amide bonds. The Kier molecular flexibility index (Phi) is 6.35. The van der Waals surface area contributed by atoms with E-state index in [0.717, 1.165) is 34.7 Å². The molecular formula is C25H27N7O. The first-order valence-electron chi connectivity index (χ1n) is 10.8. The number of amides is 2. The molecule has 2 aromatic carbocycles. The van der Waals surface area contributed by atoms with E-state index in [1.54, 1.807) is 4.68 Å².